The van der Waals surface area contributed by atoms with Crippen LogP contribution in [0, 0.1) is 29.6 Å². The van der Waals surface area contributed by atoms with E-state index >= 15 is 0 Å². The zero-order valence-corrected chi connectivity index (χ0v) is 18.6. The number of nitrogens with zero attached hydrogens (tertiary/aromatic N) is 1. The highest BCUT2D eigenvalue weighted by Gasteiger charge is 2.51. The number of likely N-dealkylation sites (tertiary alicyclic amines) is 1. The van der Waals surface area contributed by atoms with Crippen molar-refractivity contribution in [1.82, 2.24) is 4.90 Å². The molecule has 1 heterocycles. The summed E-state index contributed by atoms with van der Waals surface area (Å²) in [5, 5.41) is 2.96. The first-order valence-corrected chi connectivity index (χ1v) is 12.4. The van der Waals surface area contributed by atoms with Crippen LogP contribution in [0.5, 0.6) is 0 Å². The van der Waals surface area contributed by atoms with E-state index in [0.29, 0.717) is 18.3 Å². The van der Waals surface area contributed by atoms with Crippen molar-refractivity contribution in [2.24, 2.45) is 29.6 Å². The second-order valence-electron chi connectivity index (χ2n) is 11.1. The first kappa shape index (κ1) is 20.2. The monoisotopic (exact) mass is 432 g/mol. The molecule has 5 nitrogen and oxygen atoms in total. The number of hydrogen-bond donors (Lipinski definition) is 1. The van der Waals surface area contributed by atoms with E-state index in [1.54, 1.807) is 0 Å². The fraction of sp³-hybridized carbons (Fsp3) is 0.593. The van der Waals surface area contributed by atoms with E-state index in [1.165, 1.54) is 49.0 Å². The van der Waals surface area contributed by atoms with Crippen molar-refractivity contribution in [3.05, 3.63) is 42.0 Å². The molecule has 1 aromatic rings. The fourth-order valence-corrected chi connectivity index (χ4v) is 7.90. The van der Waals surface area contributed by atoms with Crippen LogP contribution < -0.4 is 5.32 Å². The Labute approximate surface area is 189 Å². The van der Waals surface area contributed by atoms with Gasteiger partial charge in [-0.05, 0) is 92.2 Å². The van der Waals surface area contributed by atoms with Gasteiger partial charge in [-0.2, -0.15) is 0 Å². The van der Waals surface area contributed by atoms with Crippen LogP contribution in [0.25, 0.3) is 0 Å². The molecule has 1 saturated heterocycles. The Balaban J connectivity index is 1.06. The summed E-state index contributed by atoms with van der Waals surface area (Å²) >= 11 is 0. The lowest BCUT2D eigenvalue weighted by Gasteiger charge is -2.57. The maximum absolute atomic E-state index is 12.6. The van der Waals surface area contributed by atoms with Crippen LogP contribution in [-0.2, 0) is 19.8 Å². The van der Waals surface area contributed by atoms with Crippen LogP contribution in [0.15, 0.2) is 36.4 Å². The first-order chi connectivity index (χ1) is 15.5. The Bertz CT molecular complexity index is 918. The highest BCUT2D eigenvalue weighted by Crippen LogP contribution is 2.60. The quantitative estimate of drug-likeness (QED) is 0.553. The van der Waals surface area contributed by atoms with Gasteiger partial charge in [-0.3, -0.25) is 19.3 Å². The lowest BCUT2D eigenvalue weighted by atomic mass is 9.48. The van der Waals surface area contributed by atoms with Crippen LogP contribution in [0.2, 0.25) is 0 Å². The van der Waals surface area contributed by atoms with Crippen LogP contribution in [0.3, 0.4) is 0 Å². The summed E-state index contributed by atoms with van der Waals surface area (Å²) in [5.41, 5.74) is 2.60. The smallest absolute Gasteiger partial charge is 0.233 e. The van der Waals surface area contributed by atoms with Crippen molar-refractivity contribution in [3.63, 3.8) is 0 Å². The number of fused-ring (bicyclic) bond motifs is 1. The molecule has 0 unspecified atom stereocenters. The number of hydrogen-bond acceptors (Lipinski definition) is 3. The Kier molecular flexibility index (Phi) is 4.78. The van der Waals surface area contributed by atoms with Gasteiger partial charge < -0.3 is 5.32 Å². The van der Waals surface area contributed by atoms with Gasteiger partial charge in [0.05, 0.1) is 11.8 Å². The summed E-state index contributed by atoms with van der Waals surface area (Å²) in [6.45, 7) is 0.169. The van der Waals surface area contributed by atoms with Crippen LogP contribution in [0.1, 0.15) is 63.4 Å². The molecule has 0 aromatic heterocycles. The number of allylic oxidation sites excluding steroid dienone is 2. The Morgan fingerprint density at radius 2 is 1.41 bits per heavy atom. The summed E-state index contributed by atoms with van der Waals surface area (Å²) in [5.74, 6) is 1.90. The third kappa shape index (κ3) is 3.32. The molecule has 2 atom stereocenters. The number of carbonyl (C=O) groups excluding carboxylic acids is 3. The van der Waals surface area contributed by atoms with Gasteiger partial charge in [0.25, 0.3) is 0 Å². The van der Waals surface area contributed by atoms with Crippen molar-refractivity contribution >= 4 is 23.4 Å². The lowest BCUT2D eigenvalue weighted by Crippen LogP contribution is -2.48. The molecular formula is C27H32N2O3. The van der Waals surface area contributed by atoms with E-state index in [0.717, 1.165) is 23.4 Å². The highest BCUT2D eigenvalue weighted by atomic mass is 16.2. The Morgan fingerprint density at radius 1 is 0.875 bits per heavy atom. The number of imide groups is 1. The highest BCUT2D eigenvalue weighted by molar-refractivity contribution is 6.05. The second-order valence-corrected chi connectivity index (χ2v) is 11.1. The molecule has 4 bridgehead atoms. The van der Waals surface area contributed by atoms with Crippen LogP contribution in [-0.4, -0.2) is 29.2 Å². The molecule has 3 amide bonds. The molecule has 1 aliphatic heterocycles. The third-order valence-corrected chi connectivity index (χ3v) is 8.98. The average molecular weight is 433 g/mol. The van der Waals surface area contributed by atoms with E-state index in [9.17, 15) is 14.4 Å². The normalized spacial score (nSPS) is 37.1. The topological polar surface area (TPSA) is 66.5 Å². The van der Waals surface area contributed by atoms with Gasteiger partial charge in [0.15, 0.2) is 0 Å². The lowest BCUT2D eigenvalue weighted by molar-refractivity contribution is -0.140. The van der Waals surface area contributed by atoms with Crippen molar-refractivity contribution in [3.8, 4) is 0 Å². The predicted molar refractivity (Wildman–Crippen MR) is 122 cm³/mol. The molecule has 1 N–H and O–H groups in total. The number of carbonyl (C=O) groups is 3. The number of anilines is 1. The number of benzene rings is 1. The second kappa shape index (κ2) is 7.57. The number of nitrogens with one attached hydrogen (secondary N) is 1. The maximum atomic E-state index is 12.6. The minimum Gasteiger partial charge on any atom is -0.326 e. The van der Waals surface area contributed by atoms with Gasteiger partial charge in [0.1, 0.15) is 0 Å². The summed E-state index contributed by atoms with van der Waals surface area (Å²) in [7, 11) is 0. The SMILES string of the molecule is O=C(CCN1C(=O)[C@H]2CC=CC[C@H]2C1=O)Nc1ccc(C23CC4CC(CC(C4)C2)C3)cc1. The van der Waals surface area contributed by atoms with E-state index < -0.39 is 0 Å². The van der Waals surface area contributed by atoms with Crippen LogP contribution in [0.4, 0.5) is 5.69 Å². The Morgan fingerprint density at radius 3 is 1.94 bits per heavy atom. The maximum Gasteiger partial charge on any atom is 0.233 e. The summed E-state index contributed by atoms with van der Waals surface area (Å²) in [4.78, 5) is 39.0. The van der Waals surface area contributed by atoms with Gasteiger partial charge in [-0.15, -0.1) is 0 Å². The molecule has 0 radical (unpaired) electrons. The molecule has 168 valence electrons. The Hall–Kier alpha value is -2.43. The van der Waals surface area contributed by atoms with Crippen molar-refractivity contribution < 1.29 is 14.4 Å². The zero-order chi connectivity index (χ0) is 21.9. The van der Waals surface area contributed by atoms with E-state index in [2.05, 4.69) is 17.4 Å². The fourth-order valence-electron chi connectivity index (χ4n) is 7.90. The molecule has 6 aliphatic rings. The molecule has 5 fully saturated rings. The van der Waals surface area contributed by atoms with Gasteiger partial charge >= 0.3 is 0 Å². The molecule has 0 spiro atoms. The minimum atomic E-state index is -0.229. The van der Waals surface area contributed by atoms with Gasteiger partial charge in [-0.1, -0.05) is 24.3 Å². The van der Waals surface area contributed by atoms with Crippen molar-refractivity contribution in [2.45, 2.75) is 63.2 Å². The molecule has 4 saturated carbocycles. The van der Waals surface area contributed by atoms with E-state index in [4.69, 9.17) is 0 Å². The van der Waals surface area contributed by atoms with E-state index in [1.807, 2.05) is 24.3 Å². The molecular weight excluding hydrogens is 400 g/mol. The van der Waals surface area contributed by atoms with Crippen LogP contribution >= 0.6 is 0 Å². The number of amides is 3. The van der Waals surface area contributed by atoms with Gasteiger partial charge in [0, 0.05) is 18.7 Å². The van der Waals surface area contributed by atoms with Crippen molar-refractivity contribution in [2.75, 3.05) is 11.9 Å². The molecule has 32 heavy (non-hydrogen) atoms. The largest absolute Gasteiger partial charge is 0.326 e. The van der Waals surface area contributed by atoms with Gasteiger partial charge in [-0.25, -0.2) is 0 Å². The summed E-state index contributed by atoms with van der Waals surface area (Å²) < 4.78 is 0. The molecule has 7 rings (SSSR count). The molecule has 5 aliphatic carbocycles. The molecule has 1 aromatic carbocycles. The predicted octanol–water partition coefficient (Wildman–Crippen LogP) is 4.43. The summed E-state index contributed by atoms with van der Waals surface area (Å²) in [6.07, 6.45) is 13.7. The number of rotatable bonds is 5. The van der Waals surface area contributed by atoms with E-state index in [-0.39, 0.29) is 42.5 Å². The minimum absolute atomic E-state index is 0.114. The average Bonchev–Trinajstić information content (AvgIpc) is 3.02. The van der Waals surface area contributed by atoms with Crippen molar-refractivity contribution in [1.29, 1.82) is 0 Å². The first-order valence-electron chi connectivity index (χ1n) is 12.4. The standard InChI is InChI=1S/C27H32N2O3/c30-24(9-10-29-25(31)22-3-1-2-4-23(22)26(29)32)28-21-7-5-20(6-8-21)27-14-17-11-18(15-27)13-19(12-17)16-27/h1-2,5-8,17-19,22-23H,3-4,9-16H2,(H,28,30)/t17?,18?,19?,22-,23+,27?. The van der Waals surface area contributed by atoms with Gasteiger partial charge in [0.2, 0.25) is 17.7 Å². The molecule has 5 heteroatoms. The third-order valence-electron chi connectivity index (χ3n) is 8.98. The zero-order valence-electron chi connectivity index (χ0n) is 18.6. The summed E-state index contributed by atoms with van der Waals surface area (Å²) in [6, 6.07) is 8.48.